The first kappa shape index (κ1) is 25.2. The van der Waals surface area contributed by atoms with Gasteiger partial charge in [-0.2, -0.15) is 0 Å². The summed E-state index contributed by atoms with van der Waals surface area (Å²) in [5, 5.41) is 26.4. The highest BCUT2D eigenvalue weighted by Crippen LogP contribution is 2.70. The highest BCUT2D eigenvalue weighted by molar-refractivity contribution is 6.01. The highest BCUT2D eigenvalue weighted by atomic mass is 19.1. The molecule has 1 aromatic rings. The van der Waals surface area contributed by atoms with Crippen molar-refractivity contribution in [2.24, 2.45) is 28.6 Å². The molecular weight excluding hydrogens is 461 g/mol. The molecule has 0 radical (unpaired) electrons. The molecular formula is C29H36FNO5. The first-order valence-electron chi connectivity index (χ1n) is 12.9. The van der Waals surface area contributed by atoms with Gasteiger partial charge in [-0.15, -0.1) is 0 Å². The van der Waals surface area contributed by atoms with Gasteiger partial charge in [-0.05, 0) is 74.3 Å². The minimum Gasteiger partial charge on any atom is -0.497 e. The zero-order valence-corrected chi connectivity index (χ0v) is 21.4. The normalized spacial score (nSPS) is 43.2. The van der Waals surface area contributed by atoms with Crippen molar-refractivity contribution in [2.45, 2.75) is 70.4 Å². The number of aliphatic hydroxyl groups excluding tert-OH is 1. The van der Waals surface area contributed by atoms with Crippen LogP contribution in [0.3, 0.4) is 0 Å². The predicted octanol–water partition coefficient (Wildman–Crippen LogP) is 3.66. The third-order valence-corrected chi connectivity index (χ3v) is 10.2. The number of ether oxygens (including phenoxy) is 1. The van der Waals surface area contributed by atoms with Crippen LogP contribution in [-0.2, 0) is 16.1 Å². The summed E-state index contributed by atoms with van der Waals surface area (Å²) in [6.07, 6.45) is 4.61. The standard InChI is InChI=1S/C29H36FNO5/c1-17-13-23-22-10-7-19-14-20(32)11-12-26(19,2)28(22,30)24(33)15-27(23,3)29(17,35)25(34)31-16-18-5-8-21(36-4)9-6-18/h5-6,8-9,11-12,14,17,22-24,33,35H,7,10,13,15-16H2,1-4H3,(H,31,34). The molecule has 0 aromatic heterocycles. The van der Waals surface area contributed by atoms with E-state index in [4.69, 9.17) is 4.74 Å². The highest BCUT2D eigenvalue weighted by Gasteiger charge is 2.75. The van der Waals surface area contributed by atoms with Gasteiger partial charge in [-0.25, -0.2) is 4.39 Å². The maximum atomic E-state index is 17.2. The van der Waals surface area contributed by atoms with E-state index in [-0.39, 0.29) is 24.7 Å². The van der Waals surface area contributed by atoms with Crippen molar-refractivity contribution in [1.82, 2.24) is 5.32 Å². The van der Waals surface area contributed by atoms with Crippen molar-refractivity contribution in [3.8, 4) is 5.75 Å². The molecule has 0 saturated heterocycles. The van der Waals surface area contributed by atoms with Crippen LogP contribution in [-0.4, -0.2) is 46.4 Å². The Morgan fingerprint density at radius 2 is 1.92 bits per heavy atom. The predicted molar refractivity (Wildman–Crippen MR) is 133 cm³/mol. The molecule has 0 heterocycles. The first-order chi connectivity index (χ1) is 16.9. The zero-order valence-electron chi connectivity index (χ0n) is 21.4. The van der Waals surface area contributed by atoms with E-state index in [1.807, 2.05) is 38.1 Å². The van der Waals surface area contributed by atoms with Gasteiger partial charge in [0.1, 0.15) is 5.75 Å². The number of benzene rings is 1. The van der Waals surface area contributed by atoms with Crippen LogP contribution < -0.4 is 10.1 Å². The summed E-state index contributed by atoms with van der Waals surface area (Å²) in [5.41, 5.74) is -4.24. The molecule has 6 nitrogen and oxygen atoms in total. The molecule has 4 aliphatic rings. The topological polar surface area (TPSA) is 95.9 Å². The second kappa shape index (κ2) is 8.25. The molecule has 7 heteroatoms. The van der Waals surface area contributed by atoms with Gasteiger partial charge in [0, 0.05) is 23.3 Å². The largest absolute Gasteiger partial charge is 0.497 e. The van der Waals surface area contributed by atoms with E-state index in [1.54, 1.807) is 20.1 Å². The number of aliphatic hydroxyl groups is 2. The number of carbonyl (C=O) groups excluding carboxylic acids is 2. The SMILES string of the molecule is COc1ccc(CNC(=O)C2(O)C(C)CC3C4CCC5=CC(=O)C=CC5(C)C4(F)C(O)CC32C)cc1. The number of allylic oxidation sites excluding steroid dienone is 4. The van der Waals surface area contributed by atoms with Crippen molar-refractivity contribution < 1.29 is 28.9 Å². The Morgan fingerprint density at radius 1 is 1.22 bits per heavy atom. The number of hydrogen-bond acceptors (Lipinski definition) is 5. The van der Waals surface area contributed by atoms with Crippen molar-refractivity contribution in [3.05, 3.63) is 53.6 Å². The summed E-state index contributed by atoms with van der Waals surface area (Å²) in [6.45, 7) is 5.69. The monoisotopic (exact) mass is 497 g/mol. The molecule has 1 amide bonds. The Bertz CT molecular complexity index is 1150. The molecule has 36 heavy (non-hydrogen) atoms. The molecule has 3 saturated carbocycles. The van der Waals surface area contributed by atoms with E-state index in [0.717, 1.165) is 11.1 Å². The van der Waals surface area contributed by atoms with Gasteiger partial charge in [-0.1, -0.05) is 37.6 Å². The number of alkyl halides is 1. The summed E-state index contributed by atoms with van der Waals surface area (Å²) < 4.78 is 22.4. The fourth-order valence-corrected chi connectivity index (χ4v) is 8.09. The fraction of sp³-hybridized carbons (Fsp3) is 0.586. The van der Waals surface area contributed by atoms with E-state index in [9.17, 15) is 19.8 Å². The Kier molecular flexibility index (Phi) is 5.76. The van der Waals surface area contributed by atoms with Crippen molar-refractivity contribution >= 4 is 11.7 Å². The molecule has 3 fully saturated rings. The second-order valence-corrected chi connectivity index (χ2v) is 11.7. The third kappa shape index (κ3) is 3.14. The average molecular weight is 498 g/mol. The molecule has 4 aliphatic carbocycles. The van der Waals surface area contributed by atoms with Gasteiger partial charge in [0.15, 0.2) is 17.1 Å². The molecule has 8 unspecified atom stereocenters. The van der Waals surface area contributed by atoms with Gasteiger partial charge in [0.25, 0.3) is 5.91 Å². The lowest BCUT2D eigenvalue weighted by Crippen LogP contribution is -2.70. The van der Waals surface area contributed by atoms with Crippen molar-refractivity contribution in [3.63, 3.8) is 0 Å². The Balaban J connectivity index is 1.44. The molecule has 0 bridgehead atoms. The number of rotatable bonds is 4. The van der Waals surface area contributed by atoms with E-state index in [0.29, 0.717) is 25.0 Å². The lowest BCUT2D eigenvalue weighted by atomic mass is 9.44. The lowest BCUT2D eigenvalue weighted by molar-refractivity contribution is -0.219. The molecule has 1 aromatic carbocycles. The van der Waals surface area contributed by atoms with Gasteiger partial charge >= 0.3 is 0 Å². The molecule has 8 atom stereocenters. The van der Waals surface area contributed by atoms with E-state index in [1.165, 1.54) is 12.2 Å². The summed E-state index contributed by atoms with van der Waals surface area (Å²) in [7, 11) is 1.59. The smallest absolute Gasteiger partial charge is 0.253 e. The number of fused-ring (bicyclic) bond motifs is 5. The van der Waals surface area contributed by atoms with Crippen LogP contribution in [0.1, 0.15) is 52.0 Å². The number of methoxy groups -OCH3 is 1. The maximum absolute atomic E-state index is 17.2. The first-order valence-corrected chi connectivity index (χ1v) is 12.9. The minimum atomic E-state index is -1.98. The van der Waals surface area contributed by atoms with E-state index in [2.05, 4.69) is 5.32 Å². The van der Waals surface area contributed by atoms with Gasteiger partial charge < -0.3 is 20.3 Å². The summed E-state index contributed by atoms with van der Waals surface area (Å²) in [4.78, 5) is 25.6. The molecule has 0 aliphatic heterocycles. The molecule has 0 spiro atoms. The van der Waals surface area contributed by atoms with Crippen molar-refractivity contribution in [2.75, 3.05) is 7.11 Å². The van der Waals surface area contributed by atoms with Gasteiger partial charge in [-0.3, -0.25) is 9.59 Å². The second-order valence-electron chi connectivity index (χ2n) is 11.7. The van der Waals surface area contributed by atoms with Crippen LogP contribution in [0.2, 0.25) is 0 Å². The van der Waals surface area contributed by atoms with Crippen LogP contribution in [0, 0.1) is 28.6 Å². The van der Waals surface area contributed by atoms with E-state index >= 15 is 4.39 Å². The van der Waals surface area contributed by atoms with Crippen LogP contribution in [0.25, 0.3) is 0 Å². The van der Waals surface area contributed by atoms with E-state index < -0.39 is 45.9 Å². The summed E-state index contributed by atoms with van der Waals surface area (Å²) >= 11 is 0. The summed E-state index contributed by atoms with van der Waals surface area (Å²) in [5.74, 6) is -1.17. The van der Waals surface area contributed by atoms with Gasteiger partial charge in [0.05, 0.1) is 13.2 Å². The molecule has 3 N–H and O–H groups in total. The average Bonchev–Trinajstić information content (AvgIpc) is 3.05. The minimum absolute atomic E-state index is 0.0356. The van der Waals surface area contributed by atoms with Gasteiger partial charge in [0.2, 0.25) is 0 Å². The Labute approximate surface area is 211 Å². The Hall–Kier alpha value is -2.51. The lowest BCUT2D eigenvalue weighted by Gasteiger charge is -2.62. The van der Waals surface area contributed by atoms with Crippen LogP contribution in [0.5, 0.6) is 5.75 Å². The third-order valence-electron chi connectivity index (χ3n) is 10.2. The van der Waals surface area contributed by atoms with Crippen LogP contribution in [0.4, 0.5) is 4.39 Å². The fourth-order valence-electron chi connectivity index (χ4n) is 8.09. The number of hydrogen-bond donors (Lipinski definition) is 3. The molecule has 5 rings (SSSR count). The number of halogens is 1. The van der Waals surface area contributed by atoms with Crippen LogP contribution >= 0.6 is 0 Å². The maximum Gasteiger partial charge on any atom is 0.253 e. The number of carbonyl (C=O) groups is 2. The van der Waals surface area contributed by atoms with Crippen molar-refractivity contribution in [1.29, 1.82) is 0 Å². The number of amides is 1. The number of nitrogens with one attached hydrogen (secondary N) is 1. The quantitative estimate of drug-likeness (QED) is 0.590. The van der Waals surface area contributed by atoms with Crippen LogP contribution in [0.15, 0.2) is 48.1 Å². The summed E-state index contributed by atoms with van der Waals surface area (Å²) in [6, 6.07) is 7.32. The zero-order chi connectivity index (χ0) is 26.1. The number of ketones is 1. The molecule has 194 valence electrons. The Morgan fingerprint density at radius 3 is 2.58 bits per heavy atom.